The molecule has 0 saturated carbocycles. The van der Waals surface area contributed by atoms with Crippen LogP contribution in [0.1, 0.15) is 28.7 Å². The van der Waals surface area contributed by atoms with Gasteiger partial charge >= 0.3 is 0 Å². The molecule has 0 spiro atoms. The lowest BCUT2D eigenvalue weighted by molar-refractivity contribution is 0.0941. The van der Waals surface area contributed by atoms with Gasteiger partial charge in [0.2, 0.25) is 0 Å². The average Bonchev–Trinajstić information content (AvgIpc) is 2.77. The van der Waals surface area contributed by atoms with E-state index in [1.54, 1.807) is 12.1 Å². The molecule has 0 aliphatic heterocycles. The lowest BCUT2D eigenvalue weighted by atomic mass is 10.2. The Hall–Kier alpha value is -2.14. The molecule has 2 rings (SSSR count). The van der Waals surface area contributed by atoms with Gasteiger partial charge in [0.15, 0.2) is 0 Å². The lowest BCUT2D eigenvalue weighted by Gasteiger charge is -2.11. The van der Waals surface area contributed by atoms with Crippen LogP contribution in [0.25, 0.3) is 5.69 Å². The molecule has 0 bridgehead atoms. The van der Waals surface area contributed by atoms with E-state index in [4.69, 9.17) is 5.73 Å². The minimum absolute atomic E-state index is 0.0295. The quantitative estimate of drug-likeness (QED) is 0.887. The first-order valence-corrected chi connectivity index (χ1v) is 6.66. The summed E-state index contributed by atoms with van der Waals surface area (Å²) in [5.41, 5.74) is 9.10. The molecule has 2 aromatic rings. The smallest absolute Gasteiger partial charge is 0.251 e. The number of hydrogen-bond acceptors (Lipinski definition) is 3. The van der Waals surface area contributed by atoms with Gasteiger partial charge in [0.25, 0.3) is 5.91 Å². The molecular formula is C15H20N4O. The van der Waals surface area contributed by atoms with Crippen LogP contribution in [0.5, 0.6) is 0 Å². The number of aryl methyl sites for hydroxylation is 2. The third kappa shape index (κ3) is 3.05. The Bertz CT molecular complexity index is 601. The van der Waals surface area contributed by atoms with E-state index in [1.165, 1.54) is 0 Å². The van der Waals surface area contributed by atoms with Crippen molar-refractivity contribution in [3.8, 4) is 5.69 Å². The van der Waals surface area contributed by atoms with Gasteiger partial charge in [0, 0.05) is 23.8 Å². The Kier molecular flexibility index (Phi) is 4.20. The number of amides is 1. The Labute approximate surface area is 118 Å². The fourth-order valence-electron chi connectivity index (χ4n) is 2.01. The average molecular weight is 272 g/mol. The van der Waals surface area contributed by atoms with Gasteiger partial charge in [-0.05, 0) is 51.1 Å². The van der Waals surface area contributed by atoms with E-state index in [-0.39, 0.29) is 11.9 Å². The molecule has 0 saturated heterocycles. The third-order valence-electron chi connectivity index (χ3n) is 3.11. The van der Waals surface area contributed by atoms with E-state index in [0.717, 1.165) is 17.1 Å². The summed E-state index contributed by atoms with van der Waals surface area (Å²) in [4.78, 5) is 11.9. The van der Waals surface area contributed by atoms with E-state index in [0.29, 0.717) is 12.1 Å². The van der Waals surface area contributed by atoms with E-state index >= 15 is 0 Å². The van der Waals surface area contributed by atoms with E-state index in [1.807, 2.05) is 43.7 Å². The number of carbonyl (C=O) groups is 1. The number of nitrogens with zero attached hydrogens (tertiary/aromatic N) is 2. The van der Waals surface area contributed by atoms with Crippen molar-refractivity contribution < 1.29 is 4.79 Å². The molecule has 1 amide bonds. The largest absolute Gasteiger partial charge is 0.348 e. The SMILES string of the molecule is Cc1cc(C)n(-c2ccc(C(=O)N[C@@H](C)CN)cc2)n1. The maximum atomic E-state index is 11.9. The van der Waals surface area contributed by atoms with Crippen molar-refractivity contribution in [3.63, 3.8) is 0 Å². The fraction of sp³-hybridized carbons (Fsp3) is 0.333. The highest BCUT2D eigenvalue weighted by atomic mass is 16.1. The summed E-state index contributed by atoms with van der Waals surface area (Å²) in [5, 5.41) is 7.25. The van der Waals surface area contributed by atoms with Crippen LogP contribution in [-0.4, -0.2) is 28.3 Å². The second-order valence-electron chi connectivity index (χ2n) is 5.00. The Morgan fingerprint density at radius 1 is 1.35 bits per heavy atom. The second-order valence-corrected chi connectivity index (χ2v) is 5.00. The molecule has 0 aliphatic rings. The number of nitrogens with one attached hydrogen (secondary N) is 1. The normalized spacial score (nSPS) is 12.2. The van der Waals surface area contributed by atoms with Crippen LogP contribution in [-0.2, 0) is 0 Å². The fourth-order valence-corrected chi connectivity index (χ4v) is 2.01. The van der Waals surface area contributed by atoms with Gasteiger partial charge in [-0.2, -0.15) is 5.10 Å². The highest BCUT2D eigenvalue weighted by molar-refractivity contribution is 5.94. The van der Waals surface area contributed by atoms with Crippen molar-refractivity contribution in [2.45, 2.75) is 26.8 Å². The molecular weight excluding hydrogens is 252 g/mol. The number of rotatable bonds is 4. The zero-order valence-corrected chi connectivity index (χ0v) is 12.1. The van der Waals surface area contributed by atoms with E-state index in [2.05, 4.69) is 10.4 Å². The molecule has 5 heteroatoms. The number of carbonyl (C=O) groups excluding carboxylic acids is 1. The summed E-state index contributed by atoms with van der Waals surface area (Å²) < 4.78 is 1.86. The van der Waals surface area contributed by atoms with E-state index < -0.39 is 0 Å². The van der Waals surface area contributed by atoms with Crippen LogP contribution in [0.3, 0.4) is 0 Å². The van der Waals surface area contributed by atoms with Crippen LogP contribution < -0.4 is 11.1 Å². The summed E-state index contributed by atoms with van der Waals surface area (Å²) >= 11 is 0. The van der Waals surface area contributed by atoms with Crippen LogP contribution in [0.4, 0.5) is 0 Å². The molecule has 1 atom stereocenters. The molecule has 0 radical (unpaired) electrons. The van der Waals surface area contributed by atoms with Crippen LogP contribution >= 0.6 is 0 Å². The molecule has 0 aliphatic carbocycles. The standard InChI is InChI=1S/C15H20N4O/c1-10-8-12(3)19(18-10)14-6-4-13(5-7-14)15(20)17-11(2)9-16/h4-8,11H,9,16H2,1-3H3,(H,17,20)/t11-/m0/s1. The van der Waals surface area contributed by atoms with Crippen molar-refractivity contribution in [3.05, 3.63) is 47.3 Å². The molecule has 1 aromatic heterocycles. The van der Waals surface area contributed by atoms with Crippen LogP contribution in [0, 0.1) is 13.8 Å². The van der Waals surface area contributed by atoms with Crippen molar-refractivity contribution in [2.24, 2.45) is 5.73 Å². The molecule has 5 nitrogen and oxygen atoms in total. The zero-order chi connectivity index (χ0) is 14.7. The predicted octanol–water partition coefficient (Wildman–Crippen LogP) is 1.57. The Balaban J connectivity index is 2.18. The molecule has 0 unspecified atom stereocenters. The summed E-state index contributed by atoms with van der Waals surface area (Å²) in [7, 11) is 0. The van der Waals surface area contributed by atoms with E-state index in [9.17, 15) is 4.79 Å². The molecule has 1 heterocycles. The summed E-state index contributed by atoms with van der Waals surface area (Å²) in [6, 6.07) is 9.36. The van der Waals surface area contributed by atoms with Crippen molar-refractivity contribution in [1.82, 2.24) is 15.1 Å². The number of hydrogen-bond donors (Lipinski definition) is 2. The molecule has 0 fully saturated rings. The summed E-state index contributed by atoms with van der Waals surface area (Å²) in [5.74, 6) is -0.108. The first-order chi connectivity index (χ1) is 9.51. The summed E-state index contributed by atoms with van der Waals surface area (Å²) in [6.45, 7) is 6.26. The number of aromatic nitrogens is 2. The van der Waals surface area contributed by atoms with Gasteiger partial charge in [-0.3, -0.25) is 4.79 Å². The van der Waals surface area contributed by atoms with Gasteiger partial charge in [-0.1, -0.05) is 0 Å². The van der Waals surface area contributed by atoms with Gasteiger partial charge in [0.05, 0.1) is 11.4 Å². The minimum atomic E-state index is -0.108. The maximum absolute atomic E-state index is 11.9. The Morgan fingerprint density at radius 2 is 2.00 bits per heavy atom. The number of nitrogens with two attached hydrogens (primary N) is 1. The predicted molar refractivity (Wildman–Crippen MR) is 79.0 cm³/mol. The number of benzene rings is 1. The van der Waals surface area contributed by atoms with Gasteiger partial charge in [-0.25, -0.2) is 4.68 Å². The molecule has 1 aromatic carbocycles. The van der Waals surface area contributed by atoms with Gasteiger partial charge < -0.3 is 11.1 Å². The third-order valence-corrected chi connectivity index (χ3v) is 3.11. The van der Waals surface area contributed by atoms with Crippen molar-refractivity contribution in [1.29, 1.82) is 0 Å². The first kappa shape index (κ1) is 14.3. The Morgan fingerprint density at radius 3 is 2.50 bits per heavy atom. The van der Waals surface area contributed by atoms with Crippen LogP contribution in [0.2, 0.25) is 0 Å². The first-order valence-electron chi connectivity index (χ1n) is 6.66. The second kappa shape index (κ2) is 5.88. The monoisotopic (exact) mass is 272 g/mol. The van der Waals surface area contributed by atoms with Crippen molar-refractivity contribution >= 4 is 5.91 Å². The minimum Gasteiger partial charge on any atom is -0.348 e. The molecule has 106 valence electrons. The van der Waals surface area contributed by atoms with Gasteiger partial charge in [0.1, 0.15) is 0 Å². The molecule has 20 heavy (non-hydrogen) atoms. The summed E-state index contributed by atoms with van der Waals surface area (Å²) in [6.07, 6.45) is 0. The van der Waals surface area contributed by atoms with Gasteiger partial charge in [-0.15, -0.1) is 0 Å². The zero-order valence-electron chi connectivity index (χ0n) is 12.1. The molecule has 3 N–H and O–H groups in total. The maximum Gasteiger partial charge on any atom is 0.251 e. The highest BCUT2D eigenvalue weighted by Crippen LogP contribution is 2.13. The van der Waals surface area contributed by atoms with Crippen LogP contribution in [0.15, 0.2) is 30.3 Å². The van der Waals surface area contributed by atoms with Crippen molar-refractivity contribution in [2.75, 3.05) is 6.54 Å². The topological polar surface area (TPSA) is 72.9 Å². The lowest BCUT2D eigenvalue weighted by Crippen LogP contribution is -2.37. The highest BCUT2D eigenvalue weighted by Gasteiger charge is 2.09.